The van der Waals surface area contributed by atoms with E-state index in [1.54, 1.807) is 11.3 Å². The zero-order valence-electron chi connectivity index (χ0n) is 18.6. The summed E-state index contributed by atoms with van der Waals surface area (Å²) in [7, 11) is 0. The molecule has 164 valence electrons. The number of pyridine rings is 1. The average molecular weight is 467 g/mol. The maximum Gasteiger partial charge on any atom is 0.165 e. The predicted molar refractivity (Wildman–Crippen MR) is 144 cm³/mol. The van der Waals surface area contributed by atoms with Crippen LogP contribution in [0.3, 0.4) is 0 Å². The lowest BCUT2D eigenvalue weighted by Gasteiger charge is -2.11. The van der Waals surface area contributed by atoms with Crippen LogP contribution in [0.1, 0.15) is 0 Å². The van der Waals surface area contributed by atoms with Crippen molar-refractivity contribution in [1.29, 1.82) is 0 Å². The Morgan fingerprint density at radius 2 is 1.00 bits per heavy atom. The van der Waals surface area contributed by atoms with Gasteiger partial charge in [0.15, 0.2) is 17.5 Å². The Morgan fingerprint density at radius 1 is 0.457 bits per heavy atom. The zero-order valence-corrected chi connectivity index (χ0v) is 19.4. The number of aromatic nitrogens is 4. The molecule has 0 saturated heterocycles. The Bertz CT molecular complexity index is 1790. The van der Waals surface area contributed by atoms with Crippen LogP contribution in [0.4, 0.5) is 0 Å². The van der Waals surface area contributed by atoms with Gasteiger partial charge in [-0.3, -0.25) is 0 Å². The highest BCUT2D eigenvalue weighted by molar-refractivity contribution is 7.25. The zero-order chi connectivity index (χ0) is 23.2. The third kappa shape index (κ3) is 3.36. The Hall–Kier alpha value is -4.48. The van der Waals surface area contributed by atoms with E-state index in [2.05, 4.69) is 36.4 Å². The highest BCUT2D eigenvalue weighted by Crippen LogP contribution is 2.42. The summed E-state index contributed by atoms with van der Waals surface area (Å²) in [4.78, 5) is 21.0. The first kappa shape index (κ1) is 19.9. The molecule has 4 nitrogen and oxygen atoms in total. The van der Waals surface area contributed by atoms with Gasteiger partial charge in [-0.05, 0) is 12.1 Å². The summed E-state index contributed by atoms with van der Waals surface area (Å²) >= 11 is 1.70. The smallest absolute Gasteiger partial charge is 0.165 e. The van der Waals surface area contributed by atoms with Gasteiger partial charge in [0.25, 0.3) is 0 Å². The number of hydrogen-bond donors (Lipinski definition) is 0. The van der Waals surface area contributed by atoms with Crippen LogP contribution in [0.5, 0.6) is 0 Å². The molecule has 7 aromatic rings. The van der Waals surface area contributed by atoms with Crippen molar-refractivity contribution >= 4 is 42.5 Å². The summed E-state index contributed by atoms with van der Waals surface area (Å²) in [5, 5.41) is 3.30. The number of fused-ring (bicyclic) bond motifs is 4. The number of para-hydroxylation sites is 1. The third-order valence-corrected chi connectivity index (χ3v) is 7.21. The largest absolute Gasteiger partial charge is 0.237 e. The highest BCUT2D eigenvalue weighted by atomic mass is 32.1. The number of hydrogen-bond acceptors (Lipinski definition) is 5. The number of benzene rings is 4. The third-order valence-electron chi connectivity index (χ3n) is 6.15. The Morgan fingerprint density at radius 3 is 1.69 bits per heavy atom. The van der Waals surface area contributed by atoms with Crippen LogP contribution in [0, 0.1) is 0 Å². The molecule has 0 unspecified atom stereocenters. The molecule has 5 heteroatoms. The topological polar surface area (TPSA) is 51.6 Å². The minimum atomic E-state index is 0.656. The van der Waals surface area contributed by atoms with Crippen molar-refractivity contribution in [3.8, 4) is 34.2 Å². The molecule has 3 aromatic heterocycles. The lowest BCUT2D eigenvalue weighted by molar-refractivity contribution is 1.08. The lowest BCUT2D eigenvalue weighted by Crippen LogP contribution is -2.01. The molecule has 0 spiro atoms. The van der Waals surface area contributed by atoms with Crippen molar-refractivity contribution in [2.45, 2.75) is 0 Å². The van der Waals surface area contributed by atoms with E-state index in [1.165, 1.54) is 10.1 Å². The molecule has 0 aliphatic rings. The molecule has 0 amide bonds. The van der Waals surface area contributed by atoms with Crippen molar-refractivity contribution in [2.24, 2.45) is 0 Å². The molecule has 0 atom stereocenters. The standard InChI is InChI=1S/C30H18N4S/c1-3-11-19(12-4-1)27-32-28(20-13-5-2-6-14-20)34-29(33-27)25-21-15-7-9-17-23(21)31-30-26(25)22-16-8-10-18-24(22)35-30/h1-18H. The van der Waals surface area contributed by atoms with Gasteiger partial charge in [-0.15, -0.1) is 11.3 Å². The second-order valence-corrected chi connectivity index (χ2v) is 9.35. The van der Waals surface area contributed by atoms with E-state index in [4.69, 9.17) is 19.9 Å². The van der Waals surface area contributed by atoms with E-state index in [0.717, 1.165) is 37.8 Å². The van der Waals surface area contributed by atoms with Gasteiger partial charge in [0.2, 0.25) is 0 Å². The minimum absolute atomic E-state index is 0.656. The molecule has 0 saturated carbocycles. The molecule has 0 aliphatic heterocycles. The van der Waals surface area contributed by atoms with Crippen LogP contribution in [0.15, 0.2) is 109 Å². The van der Waals surface area contributed by atoms with Crippen LogP contribution in [0.2, 0.25) is 0 Å². The van der Waals surface area contributed by atoms with Crippen LogP contribution in [0.25, 0.3) is 65.4 Å². The van der Waals surface area contributed by atoms with Crippen LogP contribution < -0.4 is 0 Å². The first-order valence-electron chi connectivity index (χ1n) is 11.4. The van der Waals surface area contributed by atoms with Crippen molar-refractivity contribution in [3.05, 3.63) is 109 Å². The lowest BCUT2D eigenvalue weighted by atomic mass is 10.0. The minimum Gasteiger partial charge on any atom is -0.237 e. The SMILES string of the molecule is c1ccc(-c2nc(-c3ccccc3)nc(-c3c4ccccc4nc4sc5ccccc5c34)n2)cc1. The van der Waals surface area contributed by atoms with E-state index < -0.39 is 0 Å². The summed E-state index contributed by atoms with van der Waals surface area (Å²) in [5.74, 6) is 1.97. The monoisotopic (exact) mass is 466 g/mol. The Balaban J connectivity index is 1.63. The van der Waals surface area contributed by atoms with E-state index in [0.29, 0.717) is 17.5 Å². The number of thiophene rings is 1. The van der Waals surface area contributed by atoms with Gasteiger partial charge in [0.1, 0.15) is 4.83 Å². The molecule has 35 heavy (non-hydrogen) atoms. The van der Waals surface area contributed by atoms with E-state index in [-0.39, 0.29) is 0 Å². The Labute approximate surface area is 205 Å². The quantitative estimate of drug-likeness (QED) is 0.267. The van der Waals surface area contributed by atoms with Gasteiger partial charge in [0, 0.05) is 37.5 Å². The molecular formula is C30H18N4S. The highest BCUT2D eigenvalue weighted by Gasteiger charge is 2.20. The van der Waals surface area contributed by atoms with Gasteiger partial charge in [0.05, 0.1) is 5.52 Å². The first-order valence-corrected chi connectivity index (χ1v) is 12.2. The van der Waals surface area contributed by atoms with Gasteiger partial charge in [-0.25, -0.2) is 19.9 Å². The second-order valence-electron chi connectivity index (χ2n) is 8.32. The molecule has 7 rings (SSSR count). The molecule has 0 fully saturated rings. The van der Waals surface area contributed by atoms with Crippen molar-refractivity contribution < 1.29 is 0 Å². The maximum atomic E-state index is 5.04. The van der Waals surface area contributed by atoms with Gasteiger partial charge >= 0.3 is 0 Å². The van der Waals surface area contributed by atoms with E-state index in [9.17, 15) is 0 Å². The fourth-order valence-electron chi connectivity index (χ4n) is 4.53. The second kappa shape index (κ2) is 8.08. The normalized spacial score (nSPS) is 11.4. The molecule has 0 radical (unpaired) electrons. The van der Waals surface area contributed by atoms with Gasteiger partial charge in [-0.2, -0.15) is 0 Å². The number of rotatable bonds is 3. The van der Waals surface area contributed by atoms with Crippen LogP contribution in [-0.2, 0) is 0 Å². The molecule has 4 aromatic carbocycles. The number of nitrogens with zero attached hydrogens (tertiary/aromatic N) is 4. The molecule has 3 heterocycles. The maximum absolute atomic E-state index is 5.04. The summed E-state index contributed by atoms with van der Waals surface area (Å²) in [5.41, 5.74) is 3.85. The predicted octanol–water partition coefficient (Wildman–Crippen LogP) is 7.79. The summed E-state index contributed by atoms with van der Waals surface area (Å²) in [6.07, 6.45) is 0. The van der Waals surface area contributed by atoms with Crippen molar-refractivity contribution in [2.75, 3.05) is 0 Å². The van der Waals surface area contributed by atoms with Crippen LogP contribution in [-0.4, -0.2) is 19.9 Å². The molecule has 0 bridgehead atoms. The molecule has 0 N–H and O–H groups in total. The van der Waals surface area contributed by atoms with Crippen molar-refractivity contribution in [1.82, 2.24) is 19.9 Å². The van der Waals surface area contributed by atoms with Gasteiger partial charge < -0.3 is 0 Å². The van der Waals surface area contributed by atoms with Crippen molar-refractivity contribution in [3.63, 3.8) is 0 Å². The summed E-state index contributed by atoms with van der Waals surface area (Å²) in [6, 6.07) is 36.9. The summed E-state index contributed by atoms with van der Waals surface area (Å²) < 4.78 is 1.20. The molecular weight excluding hydrogens is 448 g/mol. The molecule has 0 aliphatic carbocycles. The van der Waals surface area contributed by atoms with Crippen LogP contribution >= 0.6 is 11.3 Å². The van der Waals surface area contributed by atoms with Gasteiger partial charge in [-0.1, -0.05) is 97.1 Å². The fourth-order valence-corrected chi connectivity index (χ4v) is 5.63. The average Bonchev–Trinajstić information content (AvgIpc) is 3.30. The van der Waals surface area contributed by atoms with E-state index >= 15 is 0 Å². The Kier molecular flexibility index (Phi) is 4.60. The first-order chi connectivity index (χ1) is 17.3. The fraction of sp³-hybridized carbons (Fsp3) is 0. The van der Waals surface area contributed by atoms with E-state index in [1.807, 2.05) is 72.8 Å². The summed E-state index contributed by atoms with van der Waals surface area (Å²) in [6.45, 7) is 0.